The number of carbonyl (C=O) groups excluding carboxylic acids is 1. The molecule has 2 heteroatoms. The molecule has 82 valence electrons. The SMILES string of the molecule is O=C(OC1CC2C=CC2C1)c1ccccc1. The molecule has 2 unspecified atom stereocenters. The van der Waals surface area contributed by atoms with Gasteiger partial charge in [0, 0.05) is 0 Å². The fourth-order valence-electron chi connectivity index (χ4n) is 2.53. The highest BCUT2D eigenvalue weighted by Gasteiger charge is 2.37. The van der Waals surface area contributed by atoms with Gasteiger partial charge in [-0.3, -0.25) is 0 Å². The molecular weight excluding hydrogens is 200 g/mol. The van der Waals surface area contributed by atoms with E-state index in [4.69, 9.17) is 4.74 Å². The molecule has 0 bridgehead atoms. The number of rotatable bonds is 2. The zero-order chi connectivity index (χ0) is 11.0. The minimum absolute atomic E-state index is 0.109. The third-order valence-electron chi connectivity index (χ3n) is 3.51. The molecule has 3 rings (SSSR count). The van der Waals surface area contributed by atoms with Crippen LogP contribution in [0, 0.1) is 11.8 Å². The van der Waals surface area contributed by atoms with E-state index in [1.807, 2.05) is 18.2 Å². The van der Waals surface area contributed by atoms with E-state index < -0.39 is 0 Å². The summed E-state index contributed by atoms with van der Waals surface area (Å²) in [5.74, 6) is 1.13. The lowest BCUT2D eigenvalue weighted by Crippen LogP contribution is -2.15. The number of esters is 1. The van der Waals surface area contributed by atoms with E-state index in [1.165, 1.54) is 0 Å². The maximum Gasteiger partial charge on any atom is 0.338 e. The molecule has 0 aromatic heterocycles. The summed E-state index contributed by atoms with van der Waals surface area (Å²) in [7, 11) is 0. The summed E-state index contributed by atoms with van der Waals surface area (Å²) in [6.07, 6.45) is 6.55. The Labute approximate surface area is 94.9 Å². The molecule has 16 heavy (non-hydrogen) atoms. The van der Waals surface area contributed by atoms with Gasteiger partial charge in [0.05, 0.1) is 5.56 Å². The summed E-state index contributed by atoms with van der Waals surface area (Å²) >= 11 is 0. The van der Waals surface area contributed by atoms with Crippen LogP contribution in [0.2, 0.25) is 0 Å². The topological polar surface area (TPSA) is 26.3 Å². The van der Waals surface area contributed by atoms with Crippen LogP contribution in [-0.2, 0) is 4.74 Å². The van der Waals surface area contributed by atoms with Crippen molar-refractivity contribution in [2.45, 2.75) is 18.9 Å². The highest BCUT2D eigenvalue weighted by atomic mass is 16.5. The molecule has 0 amide bonds. The van der Waals surface area contributed by atoms with Crippen LogP contribution in [0.25, 0.3) is 0 Å². The predicted octanol–water partition coefficient (Wildman–Crippen LogP) is 2.81. The van der Waals surface area contributed by atoms with E-state index in [0.29, 0.717) is 17.4 Å². The molecule has 2 aliphatic carbocycles. The fraction of sp³-hybridized carbons (Fsp3) is 0.357. The van der Waals surface area contributed by atoms with E-state index >= 15 is 0 Å². The smallest absolute Gasteiger partial charge is 0.338 e. The second-order valence-electron chi connectivity index (χ2n) is 4.58. The van der Waals surface area contributed by atoms with E-state index in [2.05, 4.69) is 12.2 Å². The van der Waals surface area contributed by atoms with Crippen molar-refractivity contribution in [3.63, 3.8) is 0 Å². The number of carbonyl (C=O) groups is 1. The highest BCUT2D eigenvalue weighted by Crippen LogP contribution is 2.41. The maximum absolute atomic E-state index is 11.8. The van der Waals surface area contributed by atoms with E-state index in [1.54, 1.807) is 12.1 Å². The average Bonchev–Trinajstić information content (AvgIpc) is 2.57. The summed E-state index contributed by atoms with van der Waals surface area (Å²) in [5.41, 5.74) is 0.648. The van der Waals surface area contributed by atoms with Gasteiger partial charge in [0.2, 0.25) is 0 Å². The molecule has 1 aromatic carbocycles. The first-order chi connectivity index (χ1) is 7.83. The number of ether oxygens (including phenoxy) is 1. The Bertz CT molecular complexity index is 408. The van der Waals surface area contributed by atoms with Gasteiger partial charge >= 0.3 is 5.97 Å². The van der Waals surface area contributed by atoms with Gasteiger partial charge in [-0.05, 0) is 36.8 Å². The zero-order valence-electron chi connectivity index (χ0n) is 9.00. The molecule has 0 saturated heterocycles. The van der Waals surface area contributed by atoms with Gasteiger partial charge in [0.1, 0.15) is 6.10 Å². The van der Waals surface area contributed by atoms with E-state index in [-0.39, 0.29) is 12.1 Å². The fourth-order valence-corrected chi connectivity index (χ4v) is 2.53. The third kappa shape index (κ3) is 1.64. The summed E-state index contributed by atoms with van der Waals surface area (Å²) in [6.45, 7) is 0. The molecule has 2 nitrogen and oxygen atoms in total. The quantitative estimate of drug-likeness (QED) is 0.559. The lowest BCUT2D eigenvalue weighted by Gasteiger charge is -2.19. The monoisotopic (exact) mass is 214 g/mol. The number of hydrogen-bond donors (Lipinski definition) is 0. The summed E-state index contributed by atoms with van der Waals surface area (Å²) < 4.78 is 5.50. The molecule has 0 aliphatic heterocycles. The van der Waals surface area contributed by atoms with Gasteiger partial charge in [-0.1, -0.05) is 30.4 Å². The number of benzene rings is 1. The van der Waals surface area contributed by atoms with Crippen molar-refractivity contribution in [2.75, 3.05) is 0 Å². The van der Waals surface area contributed by atoms with Crippen molar-refractivity contribution < 1.29 is 9.53 Å². The molecule has 2 atom stereocenters. The molecule has 0 radical (unpaired) electrons. The highest BCUT2D eigenvalue weighted by molar-refractivity contribution is 5.89. The van der Waals surface area contributed by atoms with Crippen LogP contribution in [0.3, 0.4) is 0 Å². The van der Waals surface area contributed by atoms with E-state index in [0.717, 1.165) is 12.8 Å². The van der Waals surface area contributed by atoms with Gasteiger partial charge in [-0.15, -0.1) is 0 Å². The molecule has 0 heterocycles. The minimum Gasteiger partial charge on any atom is -0.459 e. The lowest BCUT2D eigenvalue weighted by molar-refractivity contribution is 0.0311. The van der Waals surface area contributed by atoms with Crippen molar-refractivity contribution in [2.24, 2.45) is 11.8 Å². The van der Waals surface area contributed by atoms with E-state index in [9.17, 15) is 4.79 Å². The second-order valence-corrected chi connectivity index (χ2v) is 4.58. The van der Waals surface area contributed by atoms with Crippen molar-refractivity contribution >= 4 is 5.97 Å². The number of hydrogen-bond acceptors (Lipinski definition) is 2. The third-order valence-corrected chi connectivity index (χ3v) is 3.51. The first-order valence-corrected chi connectivity index (χ1v) is 5.77. The summed E-state index contributed by atoms with van der Waals surface area (Å²) in [6, 6.07) is 9.21. The van der Waals surface area contributed by atoms with Gasteiger partial charge in [0.15, 0.2) is 0 Å². The van der Waals surface area contributed by atoms with Crippen LogP contribution in [0.1, 0.15) is 23.2 Å². The number of fused-ring (bicyclic) bond motifs is 1. The van der Waals surface area contributed by atoms with Gasteiger partial charge < -0.3 is 4.74 Å². The Kier molecular flexibility index (Phi) is 2.28. The van der Waals surface area contributed by atoms with Crippen LogP contribution in [0.4, 0.5) is 0 Å². The molecule has 1 aromatic rings. The van der Waals surface area contributed by atoms with Crippen LogP contribution in [0.5, 0.6) is 0 Å². The standard InChI is InChI=1S/C14H14O2/c15-14(10-4-2-1-3-5-10)16-13-8-11-6-7-12(11)9-13/h1-7,11-13H,8-9H2. The van der Waals surface area contributed by atoms with Crippen LogP contribution in [0.15, 0.2) is 42.5 Å². The Morgan fingerprint density at radius 3 is 2.25 bits per heavy atom. The Morgan fingerprint density at radius 1 is 1.06 bits per heavy atom. The summed E-state index contributed by atoms with van der Waals surface area (Å²) in [4.78, 5) is 11.8. The van der Waals surface area contributed by atoms with Gasteiger partial charge in [-0.2, -0.15) is 0 Å². The Morgan fingerprint density at radius 2 is 1.69 bits per heavy atom. The first kappa shape index (κ1) is 9.64. The molecule has 0 N–H and O–H groups in total. The largest absolute Gasteiger partial charge is 0.459 e. The van der Waals surface area contributed by atoms with Gasteiger partial charge in [-0.25, -0.2) is 4.79 Å². The molecular formula is C14H14O2. The molecule has 2 aliphatic rings. The van der Waals surface area contributed by atoms with Crippen LogP contribution in [-0.4, -0.2) is 12.1 Å². The molecule has 0 spiro atoms. The van der Waals surface area contributed by atoms with Crippen molar-refractivity contribution in [1.82, 2.24) is 0 Å². The zero-order valence-corrected chi connectivity index (χ0v) is 9.00. The normalized spacial score (nSPS) is 30.6. The van der Waals surface area contributed by atoms with Gasteiger partial charge in [0.25, 0.3) is 0 Å². The Hall–Kier alpha value is -1.57. The van der Waals surface area contributed by atoms with Crippen molar-refractivity contribution in [3.8, 4) is 0 Å². The maximum atomic E-state index is 11.8. The first-order valence-electron chi connectivity index (χ1n) is 5.77. The molecule has 1 fully saturated rings. The summed E-state index contributed by atoms with van der Waals surface area (Å²) in [5, 5.41) is 0. The average molecular weight is 214 g/mol. The van der Waals surface area contributed by atoms with Crippen molar-refractivity contribution in [1.29, 1.82) is 0 Å². The minimum atomic E-state index is -0.188. The molecule has 1 saturated carbocycles. The lowest BCUT2D eigenvalue weighted by atomic mass is 9.86. The predicted molar refractivity (Wildman–Crippen MR) is 61.0 cm³/mol. The Balaban J connectivity index is 1.62. The second kappa shape index (κ2) is 3.78. The van der Waals surface area contributed by atoms with Crippen LogP contribution < -0.4 is 0 Å². The van der Waals surface area contributed by atoms with Crippen molar-refractivity contribution in [3.05, 3.63) is 48.0 Å². The van der Waals surface area contributed by atoms with Crippen LogP contribution >= 0.6 is 0 Å². The number of allylic oxidation sites excluding steroid dienone is 2.